The van der Waals surface area contributed by atoms with Gasteiger partial charge in [0, 0.05) is 18.8 Å². The molecule has 9 atom stereocenters. The summed E-state index contributed by atoms with van der Waals surface area (Å²) in [6.45, 7) is 6.46. The molecule has 0 saturated carbocycles. The molecule has 1 aromatic carbocycles. The number of fused-ring (bicyclic) bond motifs is 1. The van der Waals surface area contributed by atoms with Crippen molar-refractivity contribution < 1.29 is 58.4 Å². The Morgan fingerprint density at radius 1 is 1.02 bits per heavy atom. The Hall–Kier alpha value is -5.57. The molecule has 3 fully saturated rings. The van der Waals surface area contributed by atoms with Crippen LogP contribution in [0.1, 0.15) is 52.5 Å². The maximum absolute atomic E-state index is 13.3. The van der Waals surface area contributed by atoms with Crippen molar-refractivity contribution >= 4 is 84.0 Å². The number of halogens is 1. The number of carbonyl (C=O) groups excluding carboxylic acids is 7. The summed E-state index contributed by atoms with van der Waals surface area (Å²) < 4.78 is 12.0. The first kappa shape index (κ1) is 49.9. The topological polar surface area (TPSA) is 320 Å². The van der Waals surface area contributed by atoms with E-state index in [9.17, 15) is 48.9 Å². The van der Waals surface area contributed by atoms with Gasteiger partial charge in [0.25, 0.3) is 0 Å². The third-order valence-corrected chi connectivity index (χ3v) is 17.7. The maximum atomic E-state index is 13.3. The number of benzene rings is 1. The molecule has 3 aliphatic rings. The number of nitrogens with zero attached hydrogens (tertiary/aromatic N) is 5. The quantitative estimate of drug-likeness (QED) is 0.0445. The van der Waals surface area contributed by atoms with Gasteiger partial charge in [-0.15, -0.1) is 0 Å². The van der Waals surface area contributed by atoms with Crippen molar-refractivity contribution in [3.8, 4) is 0 Å². The Morgan fingerprint density at radius 2 is 1.76 bits per heavy atom. The molecule has 6 rings (SSSR count). The van der Waals surface area contributed by atoms with E-state index in [-0.39, 0.29) is 66.6 Å². The number of aromatic amines is 1. The fourth-order valence-corrected chi connectivity index (χ4v) is 11.2. The van der Waals surface area contributed by atoms with Crippen LogP contribution in [0.25, 0.3) is 11.2 Å². The summed E-state index contributed by atoms with van der Waals surface area (Å²) >= 11 is -1.58. The van der Waals surface area contributed by atoms with Crippen LogP contribution < -0.4 is 26.6 Å². The van der Waals surface area contributed by atoms with Gasteiger partial charge >= 0.3 is 169 Å². The van der Waals surface area contributed by atoms with Gasteiger partial charge < -0.3 is 50.6 Å². The number of H-pyrrole nitrogens is 1. The second-order valence-electron chi connectivity index (χ2n) is 16.7. The number of alkyl halides is 3. The number of amides is 7. The summed E-state index contributed by atoms with van der Waals surface area (Å²) in [7, 11) is 0. The summed E-state index contributed by atoms with van der Waals surface area (Å²) in [5, 5.41) is 45.6. The Kier molecular flexibility index (Phi) is 16.8. The van der Waals surface area contributed by atoms with Crippen LogP contribution in [0.15, 0.2) is 36.9 Å². The number of anilines is 2. The van der Waals surface area contributed by atoms with Crippen molar-refractivity contribution in [2.24, 2.45) is 11.8 Å². The molecule has 5 heterocycles. The normalized spacial score (nSPS) is 24.2. The number of imidazole rings is 1. The first-order chi connectivity index (χ1) is 31.5. The Morgan fingerprint density at radius 3 is 2.45 bits per heavy atom. The second-order valence-corrected chi connectivity index (χ2v) is 23.3. The standard InChI is InChI=1S/C42H58IN11O12/c1-6-43(5)26-15-29(57)54(41(26)63)14-12-28(56)50-30(21(2)3)39(62)48-22(4)37(60)49-25-9-7-23(8-10-25)18-65-42(64)53-13-11-24(16-53)38(61)51-31-27(17-55)66-40(34(59)33(31)58)52-36-32-35(45-19-44-32)46-20-47-36/h7-10,19-22,24,26-27,30-31,33-34,40,55,58-59H,6,11-18H2,1-5H3,(H,48,62)(H,49,60)(H,50,56)(H,51,61)(H2,44,45,46,47,52)/t22-,24+,26?,27-,30-,31-,33+,34-,40-/m0/s1. The molecule has 0 spiro atoms. The zero-order chi connectivity index (χ0) is 47.8. The summed E-state index contributed by atoms with van der Waals surface area (Å²) in [6, 6.07) is 3.33. The fraction of sp³-hybridized carbons (Fsp3) is 0.571. The number of aromatic nitrogens is 4. The molecule has 2 aromatic heterocycles. The average Bonchev–Trinajstić information content (AvgIpc) is 4.06. The third-order valence-electron chi connectivity index (χ3n) is 11.8. The Labute approximate surface area is 387 Å². The van der Waals surface area contributed by atoms with Crippen LogP contribution in [-0.2, 0) is 44.8 Å². The van der Waals surface area contributed by atoms with E-state index in [1.54, 1.807) is 38.1 Å². The minimum atomic E-state index is -1.58. The van der Waals surface area contributed by atoms with Crippen LogP contribution in [0.5, 0.6) is 0 Å². The van der Waals surface area contributed by atoms with Gasteiger partial charge in [0.05, 0.1) is 24.9 Å². The van der Waals surface area contributed by atoms with Gasteiger partial charge in [0.15, 0.2) is 17.7 Å². The van der Waals surface area contributed by atoms with Crippen LogP contribution in [0.4, 0.5) is 16.3 Å². The van der Waals surface area contributed by atoms with Crippen molar-refractivity contribution in [3.63, 3.8) is 0 Å². The number of hydrogen-bond acceptors (Lipinski definition) is 16. The van der Waals surface area contributed by atoms with Crippen LogP contribution in [0, 0.1) is 11.8 Å². The summed E-state index contributed by atoms with van der Waals surface area (Å²) in [5.74, 6) is -3.38. The van der Waals surface area contributed by atoms with E-state index in [1.807, 2.05) is 6.92 Å². The Balaban J connectivity index is 0.908. The zero-order valence-electron chi connectivity index (χ0n) is 37.2. The van der Waals surface area contributed by atoms with Crippen molar-refractivity contribution in [3.05, 3.63) is 42.5 Å². The summed E-state index contributed by atoms with van der Waals surface area (Å²) in [5.41, 5.74) is 1.80. The molecular formula is C42H58IN11O12. The first-order valence-electron chi connectivity index (χ1n) is 21.6. The summed E-state index contributed by atoms with van der Waals surface area (Å²) in [6.07, 6.45) is -3.06. The minimum absolute atomic E-state index is 0.0198. The molecule has 23 nitrogen and oxygen atoms in total. The van der Waals surface area contributed by atoms with E-state index in [0.29, 0.717) is 28.8 Å². The van der Waals surface area contributed by atoms with Gasteiger partial charge in [0.1, 0.15) is 36.8 Å². The number of nitrogens with one attached hydrogen (secondary N) is 6. The molecular weight excluding hydrogens is 977 g/mol. The fourth-order valence-electron chi connectivity index (χ4n) is 7.74. The summed E-state index contributed by atoms with van der Waals surface area (Å²) in [4.78, 5) is 110. The van der Waals surface area contributed by atoms with Crippen LogP contribution in [0.3, 0.4) is 0 Å². The molecule has 9 N–H and O–H groups in total. The van der Waals surface area contributed by atoms with Crippen molar-refractivity contribution in [1.29, 1.82) is 0 Å². The van der Waals surface area contributed by atoms with E-state index in [1.165, 1.54) is 24.5 Å². The number of imide groups is 1. The van der Waals surface area contributed by atoms with Gasteiger partial charge in [-0.2, -0.15) is 0 Å². The van der Waals surface area contributed by atoms with Gasteiger partial charge in [-0.1, -0.05) is 12.1 Å². The van der Waals surface area contributed by atoms with Gasteiger partial charge in [0.2, 0.25) is 5.91 Å². The zero-order valence-corrected chi connectivity index (χ0v) is 39.4. The molecule has 3 aliphatic heterocycles. The number of aliphatic hydroxyl groups excluding tert-OH is 3. The number of carbonyl (C=O) groups is 7. The number of ether oxygens (including phenoxy) is 2. The molecule has 360 valence electrons. The van der Waals surface area contributed by atoms with Gasteiger partial charge in [-0.05, 0) is 24.1 Å². The predicted molar refractivity (Wildman–Crippen MR) is 245 cm³/mol. The van der Waals surface area contributed by atoms with E-state index in [2.05, 4.69) is 51.5 Å². The Bertz CT molecular complexity index is 2250. The first-order valence-corrected chi connectivity index (χ1v) is 26.6. The van der Waals surface area contributed by atoms with Crippen LogP contribution in [-0.4, -0.2) is 169 Å². The van der Waals surface area contributed by atoms with E-state index >= 15 is 0 Å². The van der Waals surface area contributed by atoms with Crippen molar-refractivity contribution in [2.45, 2.75) is 100 Å². The van der Waals surface area contributed by atoms with Crippen LogP contribution in [0.2, 0.25) is 0 Å². The van der Waals surface area contributed by atoms with E-state index in [4.69, 9.17) is 9.47 Å². The third kappa shape index (κ3) is 11.9. The average molecular weight is 1040 g/mol. The van der Waals surface area contributed by atoms with Gasteiger partial charge in [-0.25, -0.2) is 19.7 Å². The van der Waals surface area contributed by atoms with E-state index in [0.717, 1.165) is 9.33 Å². The molecule has 0 aliphatic carbocycles. The van der Waals surface area contributed by atoms with Gasteiger partial charge in [-0.3, -0.25) is 9.59 Å². The molecule has 0 radical (unpaired) electrons. The molecule has 3 aromatic rings. The molecule has 0 bridgehead atoms. The molecule has 1 unspecified atom stereocenters. The molecule has 66 heavy (non-hydrogen) atoms. The number of hydrogen-bond donors (Lipinski definition) is 9. The number of aliphatic hydroxyl groups is 3. The SMILES string of the molecule is CCI(C)C1CC(=O)N(CCC(=O)N[C@H](C(=O)N[C@@H](C)C(=O)Nc2ccc(COC(=O)N3CC[C@@H](C(=O)N[C@@H]4[C@@H](O)[C@H](O)[C@@H](Nc5ncnc6nc[nH]c56)O[C@H]4CO)C3)cc2)C(C)C)C1=O. The predicted octanol–water partition coefficient (Wildman–Crippen LogP) is -0.395. The second kappa shape index (κ2) is 22.3. The number of rotatable bonds is 18. The molecule has 3 saturated heterocycles. The van der Waals surface area contributed by atoms with Crippen molar-refractivity contribution in [2.75, 3.05) is 46.2 Å². The molecule has 7 amide bonds. The van der Waals surface area contributed by atoms with E-state index < -0.39 is 105 Å². The van der Waals surface area contributed by atoms with Crippen molar-refractivity contribution in [1.82, 2.24) is 45.7 Å². The van der Waals surface area contributed by atoms with Crippen LogP contribution >= 0.6 is 19.8 Å². The molecule has 24 heteroatoms. The monoisotopic (exact) mass is 1040 g/mol. The number of likely N-dealkylation sites (tertiary alicyclic amines) is 2.